The number of nitrogens with zero attached hydrogens (tertiary/aromatic N) is 3. The molecule has 0 aliphatic heterocycles. The molecule has 0 radical (unpaired) electrons. The van der Waals surface area contributed by atoms with Gasteiger partial charge in [-0.05, 0) is 38.3 Å². The van der Waals surface area contributed by atoms with Crippen LogP contribution in [0.1, 0.15) is 151 Å². The van der Waals surface area contributed by atoms with Crippen molar-refractivity contribution in [1.29, 1.82) is 0 Å². The van der Waals surface area contributed by atoms with Gasteiger partial charge in [0.25, 0.3) is 5.91 Å². The Kier molecular flexibility index (Phi) is 16.4. The van der Waals surface area contributed by atoms with Crippen LogP contribution in [0.4, 0.5) is 5.69 Å². The molecule has 0 bridgehead atoms. The number of hydrogen-bond acceptors (Lipinski definition) is 7. The minimum atomic E-state index is -3.69. The van der Waals surface area contributed by atoms with E-state index < -0.39 is 32.9 Å². The summed E-state index contributed by atoms with van der Waals surface area (Å²) >= 11 is 6.67. The Balaban J connectivity index is 1.60. The topological polar surface area (TPSA) is 160 Å². The number of carbonyl (C=O) groups is 2. The van der Waals surface area contributed by atoms with Crippen LogP contribution in [0.3, 0.4) is 0 Å². The van der Waals surface area contributed by atoms with Gasteiger partial charge in [0.15, 0.2) is 18.1 Å². The average Bonchev–Trinajstić information content (AvgIpc) is 3.67. The van der Waals surface area contributed by atoms with Gasteiger partial charge < -0.3 is 15.4 Å². The van der Waals surface area contributed by atoms with Gasteiger partial charge >= 0.3 is 0 Å². The zero-order chi connectivity index (χ0) is 40.3. The normalized spacial score (nSPS) is 13.9. The van der Waals surface area contributed by atoms with E-state index in [1.807, 2.05) is 41.5 Å². The molecule has 12 nitrogen and oxygen atoms in total. The Morgan fingerprint density at radius 1 is 0.907 bits per heavy atom. The minimum Gasteiger partial charge on any atom is -0.482 e. The maximum atomic E-state index is 13.6. The van der Waals surface area contributed by atoms with E-state index >= 15 is 0 Å². The summed E-state index contributed by atoms with van der Waals surface area (Å²) in [6.45, 7) is 19.6. The van der Waals surface area contributed by atoms with E-state index in [9.17, 15) is 18.0 Å². The number of unbranched alkanes of at least 4 members (excludes halogenated alkanes) is 9. The standard InChI is InChI=1S/C40H66ClN7O5S/c1-11-13-14-15-16-17-18-19-20-23-26-54(51,52)47-33(28(3)12-2)36(50)42-29-24-21-22-25-30(29)53-27-31(49)43-40(9,10)39(7,8)37-45-44-35-32(41)34(38(4,5)6)46-48(35)37/h21-22,24-25,28,33,46-47H,11-20,23,26-27H2,1-10H3,(H,42,50)(H,43,49). The fraction of sp³-hybridized carbons (Fsp3) is 0.700. The highest BCUT2D eigenvalue weighted by atomic mass is 35.5. The number of halogens is 1. The van der Waals surface area contributed by atoms with Crippen molar-refractivity contribution in [2.75, 3.05) is 17.7 Å². The van der Waals surface area contributed by atoms with E-state index in [-0.39, 0.29) is 35.3 Å². The van der Waals surface area contributed by atoms with Gasteiger partial charge in [-0.25, -0.2) is 17.7 Å². The number of nitrogens with one attached hydrogen (secondary N) is 4. The van der Waals surface area contributed by atoms with Crippen LogP contribution in [0.15, 0.2) is 24.3 Å². The van der Waals surface area contributed by atoms with Gasteiger partial charge in [-0.2, -0.15) is 0 Å². The number of carbonyl (C=O) groups excluding carboxylic acids is 2. The lowest BCUT2D eigenvalue weighted by Gasteiger charge is -2.40. The van der Waals surface area contributed by atoms with Crippen LogP contribution in [-0.2, 0) is 30.4 Å². The molecular formula is C40H66ClN7O5S. The first-order valence-electron chi connectivity index (χ1n) is 19.7. The minimum absolute atomic E-state index is 0.0235. The summed E-state index contributed by atoms with van der Waals surface area (Å²) in [6.07, 6.45) is 11.6. The van der Waals surface area contributed by atoms with Crippen molar-refractivity contribution >= 4 is 44.8 Å². The van der Waals surface area contributed by atoms with Gasteiger partial charge in [-0.3, -0.25) is 14.7 Å². The predicted molar refractivity (Wildman–Crippen MR) is 219 cm³/mol. The second-order valence-corrected chi connectivity index (χ2v) is 19.0. The Morgan fingerprint density at radius 2 is 1.50 bits per heavy atom. The molecular weight excluding hydrogens is 726 g/mol. The Bertz CT molecular complexity index is 1780. The molecule has 0 aliphatic rings. The third-order valence-electron chi connectivity index (χ3n) is 10.7. The number of para-hydroxylation sites is 2. The molecule has 2 unspecified atom stereocenters. The van der Waals surface area contributed by atoms with Crippen LogP contribution in [0, 0.1) is 5.92 Å². The van der Waals surface area contributed by atoms with Crippen LogP contribution in [0.2, 0.25) is 5.02 Å². The monoisotopic (exact) mass is 791 g/mol. The first kappa shape index (κ1) is 45.2. The number of benzene rings is 1. The molecule has 304 valence electrons. The van der Waals surface area contributed by atoms with Crippen LogP contribution in [0.5, 0.6) is 5.75 Å². The van der Waals surface area contributed by atoms with Gasteiger partial charge in [0.1, 0.15) is 16.8 Å². The Hall–Kier alpha value is -3.16. The molecule has 3 rings (SSSR count). The van der Waals surface area contributed by atoms with Crippen molar-refractivity contribution in [3.05, 3.63) is 40.8 Å². The lowest BCUT2D eigenvalue weighted by Crippen LogP contribution is -2.57. The van der Waals surface area contributed by atoms with E-state index in [1.54, 1.807) is 28.8 Å². The van der Waals surface area contributed by atoms with Crippen LogP contribution in [-0.4, -0.2) is 64.0 Å². The van der Waals surface area contributed by atoms with Gasteiger partial charge in [0, 0.05) is 16.4 Å². The van der Waals surface area contributed by atoms with E-state index in [0.717, 1.165) is 25.0 Å². The number of ether oxygens (including phenoxy) is 1. The number of anilines is 1. The summed E-state index contributed by atoms with van der Waals surface area (Å²) in [4.78, 5) is 27.0. The summed E-state index contributed by atoms with van der Waals surface area (Å²) < 4.78 is 36.6. The molecule has 2 atom stereocenters. The molecule has 3 aromatic rings. The number of rotatable bonds is 23. The van der Waals surface area contributed by atoms with Gasteiger partial charge in [0.2, 0.25) is 15.9 Å². The molecule has 1 aromatic carbocycles. The van der Waals surface area contributed by atoms with Crippen molar-refractivity contribution in [1.82, 2.24) is 29.9 Å². The molecule has 0 saturated heterocycles. The molecule has 14 heteroatoms. The molecule has 0 saturated carbocycles. The third-order valence-corrected chi connectivity index (χ3v) is 12.5. The molecule has 4 N–H and O–H groups in total. The van der Waals surface area contributed by atoms with Crippen molar-refractivity contribution in [2.24, 2.45) is 5.92 Å². The van der Waals surface area contributed by atoms with Crippen molar-refractivity contribution < 1.29 is 22.7 Å². The van der Waals surface area contributed by atoms with E-state index in [2.05, 4.69) is 58.3 Å². The van der Waals surface area contributed by atoms with Crippen LogP contribution < -0.4 is 20.1 Å². The quantitative estimate of drug-likeness (QED) is 0.0702. The van der Waals surface area contributed by atoms with Crippen LogP contribution >= 0.6 is 11.6 Å². The largest absolute Gasteiger partial charge is 0.482 e. The molecule has 54 heavy (non-hydrogen) atoms. The van der Waals surface area contributed by atoms with Crippen LogP contribution in [0.25, 0.3) is 5.65 Å². The molecule has 2 amide bonds. The SMILES string of the molecule is CCCCCCCCCCCCS(=O)(=O)NC(C(=O)Nc1ccccc1OCC(=O)NC(C)(C)C(C)(C)c1nnc2c(Cl)c(C(C)(C)C)[nH]n12)C(C)CC. The highest BCUT2D eigenvalue weighted by Crippen LogP contribution is 2.37. The van der Waals surface area contributed by atoms with E-state index in [1.165, 1.54) is 38.5 Å². The Morgan fingerprint density at radius 3 is 2.09 bits per heavy atom. The maximum absolute atomic E-state index is 13.6. The third kappa shape index (κ3) is 12.2. The highest BCUT2D eigenvalue weighted by molar-refractivity contribution is 7.89. The second-order valence-electron chi connectivity index (χ2n) is 16.8. The number of fused-ring (bicyclic) bond motifs is 1. The molecule has 0 fully saturated rings. The number of amides is 2. The number of aromatic nitrogens is 4. The fourth-order valence-electron chi connectivity index (χ4n) is 6.27. The van der Waals surface area contributed by atoms with Gasteiger partial charge in [-0.15, -0.1) is 10.2 Å². The summed E-state index contributed by atoms with van der Waals surface area (Å²) in [7, 11) is -3.69. The first-order chi connectivity index (χ1) is 25.3. The maximum Gasteiger partial charge on any atom is 0.258 e. The zero-order valence-electron chi connectivity index (χ0n) is 34.3. The zero-order valence-corrected chi connectivity index (χ0v) is 35.9. The first-order valence-corrected chi connectivity index (χ1v) is 21.8. The summed E-state index contributed by atoms with van der Waals surface area (Å²) in [6, 6.07) is 5.81. The molecule has 2 aromatic heterocycles. The second kappa shape index (κ2) is 19.6. The summed E-state index contributed by atoms with van der Waals surface area (Å²) in [5.74, 6) is -0.270. The summed E-state index contributed by atoms with van der Waals surface area (Å²) in [5.41, 5.74) is -0.0933. The number of sulfonamides is 1. The van der Waals surface area contributed by atoms with Crippen molar-refractivity contribution in [2.45, 2.75) is 162 Å². The predicted octanol–water partition coefficient (Wildman–Crippen LogP) is 8.45. The smallest absolute Gasteiger partial charge is 0.258 e. The Labute approximate surface area is 328 Å². The highest BCUT2D eigenvalue weighted by Gasteiger charge is 2.44. The lowest BCUT2D eigenvalue weighted by atomic mass is 9.73. The average molecular weight is 793 g/mol. The number of aromatic amines is 1. The molecule has 2 heterocycles. The molecule has 0 aliphatic carbocycles. The molecule has 0 spiro atoms. The van der Waals surface area contributed by atoms with Crippen molar-refractivity contribution in [3.63, 3.8) is 0 Å². The number of hydrogen-bond donors (Lipinski definition) is 4. The van der Waals surface area contributed by atoms with E-state index in [4.69, 9.17) is 16.3 Å². The number of H-pyrrole nitrogens is 1. The summed E-state index contributed by atoms with van der Waals surface area (Å²) in [5, 5.41) is 18.6. The van der Waals surface area contributed by atoms with Gasteiger partial charge in [-0.1, -0.05) is 143 Å². The van der Waals surface area contributed by atoms with Gasteiger partial charge in [0.05, 0.1) is 17.1 Å². The lowest BCUT2D eigenvalue weighted by molar-refractivity contribution is -0.125. The van der Waals surface area contributed by atoms with Crippen molar-refractivity contribution in [3.8, 4) is 5.75 Å². The van der Waals surface area contributed by atoms with E-state index in [0.29, 0.717) is 35.0 Å². The fourth-order valence-corrected chi connectivity index (χ4v) is 8.15.